The number of amides is 2. The van der Waals surface area contributed by atoms with Crippen LogP contribution >= 0.6 is 23.2 Å². The van der Waals surface area contributed by atoms with Crippen molar-refractivity contribution in [3.8, 4) is 5.75 Å². The summed E-state index contributed by atoms with van der Waals surface area (Å²) in [5.74, 6) is -0.532. The number of carbonyl (C=O) groups excluding carboxylic acids is 2. The number of nitrogens with zero attached hydrogens (tertiary/aromatic N) is 4. The standard InChI is InChI=1S/C29H28Cl2F2N4O3/c1-35(29(39)40-22-6-4-21(32)5-7-22)26-17-37(16-23(26)19-2-8-24(31)25(33)14-19)28(38)18-10-12-36(13-11-18)27-9-3-20(30)15-34-27/h2-9,14-15,18,23,26H,10-13,16-17H2,1H3. The van der Waals surface area contributed by atoms with Crippen molar-refractivity contribution in [1.82, 2.24) is 14.8 Å². The molecule has 40 heavy (non-hydrogen) atoms. The van der Waals surface area contributed by atoms with Gasteiger partial charge < -0.3 is 19.4 Å². The number of aromatic nitrogens is 1. The lowest BCUT2D eigenvalue weighted by atomic mass is 9.93. The van der Waals surface area contributed by atoms with Gasteiger partial charge in [0.1, 0.15) is 23.2 Å². The molecule has 0 N–H and O–H groups in total. The summed E-state index contributed by atoms with van der Waals surface area (Å²) in [6.45, 7) is 1.94. The van der Waals surface area contributed by atoms with E-state index in [1.807, 2.05) is 6.07 Å². The minimum atomic E-state index is -0.658. The Bertz CT molecular complexity index is 1370. The Hall–Kier alpha value is -3.43. The van der Waals surface area contributed by atoms with Crippen molar-refractivity contribution in [3.05, 3.63) is 88.0 Å². The number of ether oxygens (including phenoxy) is 1. The van der Waals surface area contributed by atoms with E-state index in [4.69, 9.17) is 27.9 Å². The van der Waals surface area contributed by atoms with E-state index in [-0.39, 0.29) is 35.1 Å². The zero-order valence-corrected chi connectivity index (χ0v) is 23.3. The first-order chi connectivity index (χ1) is 19.2. The van der Waals surface area contributed by atoms with E-state index >= 15 is 0 Å². The van der Waals surface area contributed by atoms with Crippen molar-refractivity contribution in [1.29, 1.82) is 0 Å². The highest BCUT2D eigenvalue weighted by Crippen LogP contribution is 2.35. The number of pyridine rings is 1. The summed E-state index contributed by atoms with van der Waals surface area (Å²) in [5.41, 5.74) is 0.632. The minimum absolute atomic E-state index is 0.00256. The van der Waals surface area contributed by atoms with Gasteiger partial charge in [0.15, 0.2) is 0 Å². The Morgan fingerprint density at radius 3 is 2.38 bits per heavy atom. The Kier molecular flexibility index (Phi) is 8.42. The third-order valence-corrected chi connectivity index (χ3v) is 8.19. The zero-order valence-electron chi connectivity index (χ0n) is 21.8. The molecule has 210 valence electrons. The van der Waals surface area contributed by atoms with E-state index < -0.39 is 23.8 Å². The molecule has 2 aliphatic heterocycles. The maximum Gasteiger partial charge on any atom is 0.415 e. The summed E-state index contributed by atoms with van der Waals surface area (Å²) in [4.78, 5) is 36.4. The van der Waals surface area contributed by atoms with Gasteiger partial charge in [0.2, 0.25) is 5.91 Å². The number of carbonyl (C=O) groups is 2. The van der Waals surface area contributed by atoms with Crippen LogP contribution in [-0.4, -0.2) is 66.1 Å². The second-order valence-electron chi connectivity index (χ2n) is 10.1. The molecule has 3 aromatic rings. The van der Waals surface area contributed by atoms with E-state index in [1.165, 1.54) is 41.3 Å². The molecule has 2 fully saturated rings. The molecule has 2 unspecified atom stereocenters. The maximum atomic E-state index is 14.4. The molecule has 3 heterocycles. The highest BCUT2D eigenvalue weighted by Gasteiger charge is 2.42. The lowest BCUT2D eigenvalue weighted by Gasteiger charge is -2.34. The third kappa shape index (κ3) is 6.15. The molecule has 2 saturated heterocycles. The van der Waals surface area contributed by atoms with Crippen LogP contribution < -0.4 is 9.64 Å². The molecule has 2 aliphatic rings. The molecule has 11 heteroatoms. The maximum absolute atomic E-state index is 14.4. The predicted molar refractivity (Wildman–Crippen MR) is 149 cm³/mol. The molecule has 7 nitrogen and oxygen atoms in total. The van der Waals surface area contributed by atoms with Crippen LogP contribution in [0.3, 0.4) is 0 Å². The highest BCUT2D eigenvalue weighted by atomic mass is 35.5. The van der Waals surface area contributed by atoms with Gasteiger partial charge in [0.25, 0.3) is 0 Å². The first-order valence-corrected chi connectivity index (χ1v) is 13.8. The van der Waals surface area contributed by atoms with Crippen molar-refractivity contribution in [3.63, 3.8) is 0 Å². The Balaban J connectivity index is 1.30. The molecule has 2 aromatic carbocycles. The first kappa shape index (κ1) is 28.1. The van der Waals surface area contributed by atoms with Gasteiger partial charge in [-0.05, 0) is 66.9 Å². The van der Waals surface area contributed by atoms with E-state index in [2.05, 4.69) is 9.88 Å². The largest absolute Gasteiger partial charge is 0.415 e. The summed E-state index contributed by atoms with van der Waals surface area (Å²) < 4.78 is 33.1. The molecule has 2 amide bonds. The average Bonchev–Trinajstić information content (AvgIpc) is 3.41. The van der Waals surface area contributed by atoms with Gasteiger partial charge in [-0.2, -0.15) is 0 Å². The van der Waals surface area contributed by atoms with Gasteiger partial charge in [-0.25, -0.2) is 18.6 Å². The Morgan fingerprint density at radius 1 is 1.00 bits per heavy atom. The van der Waals surface area contributed by atoms with Crippen LogP contribution in [0.15, 0.2) is 60.8 Å². The molecule has 0 saturated carbocycles. The number of halogens is 4. The Labute approximate surface area is 241 Å². The van der Waals surface area contributed by atoms with Crippen LogP contribution in [0.1, 0.15) is 24.3 Å². The van der Waals surface area contributed by atoms with E-state index in [0.717, 1.165) is 5.82 Å². The van der Waals surface area contributed by atoms with Gasteiger partial charge in [0, 0.05) is 51.3 Å². The van der Waals surface area contributed by atoms with Crippen molar-refractivity contribution in [2.75, 3.05) is 38.1 Å². The van der Waals surface area contributed by atoms with Crippen molar-refractivity contribution in [2.24, 2.45) is 5.92 Å². The molecule has 5 rings (SSSR count). The second kappa shape index (κ2) is 12.0. The number of likely N-dealkylation sites (tertiary alicyclic amines) is 1. The van der Waals surface area contributed by atoms with Crippen LogP contribution in [0.2, 0.25) is 10.0 Å². The molecule has 0 aliphatic carbocycles. The van der Waals surface area contributed by atoms with E-state index in [0.29, 0.717) is 43.1 Å². The minimum Gasteiger partial charge on any atom is -0.410 e. The zero-order chi connectivity index (χ0) is 28.4. The summed E-state index contributed by atoms with van der Waals surface area (Å²) in [7, 11) is 1.58. The Morgan fingerprint density at radius 2 is 1.73 bits per heavy atom. The van der Waals surface area contributed by atoms with Gasteiger partial charge in [-0.15, -0.1) is 0 Å². The number of benzene rings is 2. The molecule has 1 aromatic heterocycles. The van der Waals surface area contributed by atoms with E-state index in [1.54, 1.807) is 30.3 Å². The van der Waals surface area contributed by atoms with Crippen LogP contribution in [-0.2, 0) is 4.79 Å². The van der Waals surface area contributed by atoms with Gasteiger partial charge >= 0.3 is 6.09 Å². The normalized spacial score (nSPS) is 19.5. The second-order valence-corrected chi connectivity index (χ2v) is 11.0. The van der Waals surface area contributed by atoms with E-state index in [9.17, 15) is 18.4 Å². The monoisotopic (exact) mass is 588 g/mol. The number of rotatable bonds is 5. The smallest absolute Gasteiger partial charge is 0.410 e. The molecule has 0 bridgehead atoms. The van der Waals surface area contributed by atoms with Crippen LogP contribution in [0, 0.1) is 17.6 Å². The van der Waals surface area contributed by atoms with Crippen LogP contribution in [0.4, 0.5) is 19.4 Å². The topological polar surface area (TPSA) is 66.0 Å². The van der Waals surface area contributed by atoms with Crippen LogP contribution in [0.5, 0.6) is 5.75 Å². The highest BCUT2D eigenvalue weighted by molar-refractivity contribution is 6.30. The SMILES string of the molecule is CN(C(=O)Oc1ccc(F)cc1)C1CN(C(=O)C2CCN(c3ccc(Cl)cn3)CC2)CC1c1ccc(Cl)c(F)c1. The van der Waals surface area contributed by atoms with Crippen molar-refractivity contribution in [2.45, 2.75) is 24.8 Å². The quantitative estimate of drug-likeness (QED) is 0.365. The molecule has 0 spiro atoms. The summed E-state index contributed by atoms with van der Waals surface area (Å²) in [6.07, 6.45) is 2.27. The molecular weight excluding hydrogens is 561 g/mol. The van der Waals surface area contributed by atoms with Gasteiger partial charge in [0.05, 0.1) is 16.1 Å². The van der Waals surface area contributed by atoms with Gasteiger partial charge in [-0.3, -0.25) is 4.79 Å². The number of hydrogen-bond donors (Lipinski definition) is 0. The summed E-state index contributed by atoms with van der Waals surface area (Å²) in [6, 6.07) is 12.9. The lowest BCUT2D eigenvalue weighted by Crippen LogP contribution is -2.45. The molecule has 0 radical (unpaired) electrons. The average molecular weight is 589 g/mol. The molecule has 2 atom stereocenters. The fourth-order valence-electron chi connectivity index (χ4n) is 5.41. The number of hydrogen-bond acceptors (Lipinski definition) is 5. The van der Waals surface area contributed by atoms with Gasteiger partial charge in [-0.1, -0.05) is 29.3 Å². The fourth-order valence-corrected chi connectivity index (χ4v) is 5.64. The lowest BCUT2D eigenvalue weighted by molar-refractivity contribution is -0.135. The number of likely N-dealkylation sites (N-methyl/N-ethyl adjacent to an activating group) is 1. The first-order valence-electron chi connectivity index (χ1n) is 13.0. The van der Waals surface area contributed by atoms with Crippen molar-refractivity contribution >= 4 is 41.0 Å². The number of anilines is 1. The summed E-state index contributed by atoms with van der Waals surface area (Å²) in [5, 5.41) is 0.566. The summed E-state index contributed by atoms with van der Waals surface area (Å²) >= 11 is 11.9. The number of piperidine rings is 1. The predicted octanol–water partition coefficient (Wildman–Crippen LogP) is 6.01. The van der Waals surface area contributed by atoms with Crippen LogP contribution in [0.25, 0.3) is 0 Å². The third-order valence-electron chi connectivity index (χ3n) is 7.66. The fraction of sp³-hybridized carbons (Fsp3) is 0.345. The molecular formula is C29H28Cl2F2N4O3. The van der Waals surface area contributed by atoms with Crippen molar-refractivity contribution < 1.29 is 23.1 Å².